The molecule has 1 saturated heterocycles. The Bertz CT molecular complexity index is 457. The van der Waals surface area contributed by atoms with Crippen LogP contribution in [0.4, 0.5) is 0 Å². The molecule has 1 fully saturated rings. The summed E-state index contributed by atoms with van der Waals surface area (Å²) in [6.45, 7) is 2.20. The number of hydrogen-bond donors (Lipinski definition) is 1. The smallest absolute Gasteiger partial charge is 0.181 e. The van der Waals surface area contributed by atoms with Crippen molar-refractivity contribution in [3.63, 3.8) is 0 Å². The number of rotatable bonds is 1. The Morgan fingerprint density at radius 3 is 3.14 bits per heavy atom. The van der Waals surface area contributed by atoms with Gasteiger partial charge in [0.1, 0.15) is 5.52 Å². The molecule has 1 aromatic heterocycles. The highest BCUT2D eigenvalue weighted by atomic mass is 16.3. The zero-order chi connectivity index (χ0) is 9.54. The zero-order valence-electron chi connectivity index (χ0n) is 8.03. The van der Waals surface area contributed by atoms with Crippen LogP contribution in [0.25, 0.3) is 11.1 Å². The Labute approximate surface area is 82.1 Å². The summed E-state index contributed by atoms with van der Waals surface area (Å²) in [6.07, 6.45) is 2.70. The summed E-state index contributed by atoms with van der Waals surface area (Å²) >= 11 is 0. The van der Waals surface area contributed by atoms with Crippen molar-refractivity contribution in [2.24, 2.45) is 0 Å². The first-order chi connectivity index (χ1) is 6.83. The van der Waals surface area contributed by atoms with Crippen LogP contribution in [0, 0.1) is 0 Å². The zero-order valence-corrected chi connectivity index (χ0v) is 8.03. The Morgan fingerprint density at radius 1 is 1.50 bits per heavy atom. The predicted octanol–water partition coefficient (Wildman–Crippen LogP) is 2.25. The van der Waals surface area contributed by atoms with E-state index in [1.54, 1.807) is 0 Å². The van der Waals surface area contributed by atoms with E-state index in [1.165, 1.54) is 18.4 Å². The number of hydrogen-bond acceptors (Lipinski definition) is 3. The summed E-state index contributed by atoms with van der Waals surface area (Å²) in [6, 6.07) is 7.35. The van der Waals surface area contributed by atoms with Crippen molar-refractivity contribution in [2.75, 3.05) is 0 Å². The average molecular weight is 188 g/mol. The molecule has 3 heteroatoms. The highest BCUT2D eigenvalue weighted by molar-refractivity contribution is 5.72. The van der Waals surface area contributed by atoms with Gasteiger partial charge < -0.3 is 9.73 Å². The molecule has 2 atom stereocenters. The molecule has 1 aromatic carbocycles. The van der Waals surface area contributed by atoms with Gasteiger partial charge in [-0.2, -0.15) is 0 Å². The fraction of sp³-hybridized carbons (Fsp3) is 0.364. The molecular weight excluding hydrogens is 176 g/mol. The van der Waals surface area contributed by atoms with Crippen LogP contribution < -0.4 is 5.32 Å². The van der Waals surface area contributed by atoms with Gasteiger partial charge in [-0.25, -0.2) is 4.98 Å². The molecule has 2 heterocycles. The van der Waals surface area contributed by atoms with Crippen molar-refractivity contribution < 1.29 is 4.42 Å². The van der Waals surface area contributed by atoms with Crippen LogP contribution in [0.15, 0.2) is 29.0 Å². The number of benzene rings is 1. The van der Waals surface area contributed by atoms with Crippen molar-refractivity contribution in [1.82, 2.24) is 10.3 Å². The predicted molar refractivity (Wildman–Crippen MR) is 54.0 cm³/mol. The second kappa shape index (κ2) is 2.82. The Hall–Kier alpha value is -1.35. The second-order valence-electron chi connectivity index (χ2n) is 3.94. The second-order valence-corrected chi connectivity index (χ2v) is 3.94. The van der Waals surface area contributed by atoms with Gasteiger partial charge in [0.15, 0.2) is 12.0 Å². The van der Waals surface area contributed by atoms with Gasteiger partial charge in [0.05, 0.1) is 0 Å². The lowest BCUT2D eigenvalue weighted by molar-refractivity contribution is 0.288. The Balaban J connectivity index is 1.97. The van der Waals surface area contributed by atoms with Gasteiger partial charge in [-0.3, -0.25) is 0 Å². The molecule has 1 N–H and O–H groups in total. The molecule has 0 saturated carbocycles. The van der Waals surface area contributed by atoms with E-state index in [9.17, 15) is 0 Å². The van der Waals surface area contributed by atoms with Gasteiger partial charge >= 0.3 is 0 Å². The molecule has 2 unspecified atom stereocenters. The average Bonchev–Trinajstić information content (AvgIpc) is 2.59. The maximum Gasteiger partial charge on any atom is 0.181 e. The standard InChI is InChI=1S/C11H12N2O/c1-7-4-10(13-7)8-2-3-9-11(5-8)14-6-12-9/h2-3,5-7,10,13H,4H2,1H3. The fourth-order valence-electron chi connectivity index (χ4n) is 1.99. The van der Waals surface area contributed by atoms with Gasteiger partial charge in [0.25, 0.3) is 0 Å². The molecule has 14 heavy (non-hydrogen) atoms. The molecule has 0 aliphatic carbocycles. The molecular formula is C11H12N2O. The summed E-state index contributed by atoms with van der Waals surface area (Å²) < 4.78 is 5.27. The van der Waals surface area contributed by atoms with Crippen LogP contribution >= 0.6 is 0 Å². The van der Waals surface area contributed by atoms with Crippen molar-refractivity contribution in [3.05, 3.63) is 30.2 Å². The summed E-state index contributed by atoms with van der Waals surface area (Å²) in [7, 11) is 0. The lowest BCUT2D eigenvalue weighted by Crippen LogP contribution is -2.43. The lowest BCUT2D eigenvalue weighted by Gasteiger charge is -2.35. The molecule has 2 aromatic rings. The van der Waals surface area contributed by atoms with Crippen molar-refractivity contribution >= 4 is 11.1 Å². The van der Waals surface area contributed by atoms with Crippen LogP contribution in [-0.2, 0) is 0 Å². The molecule has 0 amide bonds. The minimum absolute atomic E-state index is 0.500. The van der Waals surface area contributed by atoms with E-state index in [0.717, 1.165) is 11.1 Å². The highest BCUT2D eigenvalue weighted by Crippen LogP contribution is 2.29. The van der Waals surface area contributed by atoms with Crippen LogP contribution in [0.2, 0.25) is 0 Å². The minimum atomic E-state index is 0.500. The molecule has 3 nitrogen and oxygen atoms in total. The number of fused-ring (bicyclic) bond motifs is 1. The van der Waals surface area contributed by atoms with Crippen molar-refractivity contribution in [1.29, 1.82) is 0 Å². The number of aromatic nitrogens is 1. The van der Waals surface area contributed by atoms with E-state index in [0.29, 0.717) is 12.1 Å². The van der Waals surface area contributed by atoms with Gasteiger partial charge in [0, 0.05) is 12.1 Å². The van der Waals surface area contributed by atoms with E-state index < -0.39 is 0 Å². The lowest BCUT2D eigenvalue weighted by atomic mass is 9.92. The minimum Gasteiger partial charge on any atom is -0.443 e. The summed E-state index contributed by atoms with van der Waals surface area (Å²) in [4.78, 5) is 4.09. The van der Waals surface area contributed by atoms with E-state index in [4.69, 9.17) is 4.42 Å². The van der Waals surface area contributed by atoms with Crippen LogP contribution in [-0.4, -0.2) is 11.0 Å². The first-order valence-electron chi connectivity index (χ1n) is 4.92. The van der Waals surface area contributed by atoms with Crippen LogP contribution in [0.3, 0.4) is 0 Å². The third kappa shape index (κ3) is 1.13. The molecule has 3 rings (SSSR count). The third-order valence-corrected chi connectivity index (χ3v) is 2.83. The van der Waals surface area contributed by atoms with E-state index >= 15 is 0 Å². The first-order valence-corrected chi connectivity index (χ1v) is 4.92. The van der Waals surface area contributed by atoms with Gasteiger partial charge in [0.2, 0.25) is 0 Å². The molecule has 0 bridgehead atoms. The molecule has 1 aliphatic rings. The highest BCUT2D eigenvalue weighted by Gasteiger charge is 2.25. The number of nitrogens with one attached hydrogen (secondary N) is 1. The monoisotopic (exact) mass is 188 g/mol. The van der Waals surface area contributed by atoms with Gasteiger partial charge in [-0.05, 0) is 31.0 Å². The summed E-state index contributed by atoms with van der Waals surface area (Å²) in [5, 5.41) is 3.45. The van der Waals surface area contributed by atoms with E-state index in [-0.39, 0.29) is 0 Å². The van der Waals surface area contributed by atoms with Crippen molar-refractivity contribution in [2.45, 2.75) is 25.4 Å². The molecule has 0 spiro atoms. The Morgan fingerprint density at radius 2 is 2.36 bits per heavy atom. The number of nitrogens with zero attached hydrogens (tertiary/aromatic N) is 1. The van der Waals surface area contributed by atoms with E-state index in [2.05, 4.69) is 29.4 Å². The van der Waals surface area contributed by atoms with Gasteiger partial charge in [-0.1, -0.05) is 6.07 Å². The normalized spacial score (nSPS) is 26.4. The van der Waals surface area contributed by atoms with Crippen LogP contribution in [0.5, 0.6) is 0 Å². The fourth-order valence-corrected chi connectivity index (χ4v) is 1.99. The van der Waals surface area contributed by atoms with Crippen molar-refractivity contribution in [3.8, 4) is 0 Å². The largest absolute Gasteiger partial charge is 0.443 e. The summed E-state index contributed by atoms with van der Waals surface area (Å²) in [5.41, 5.74) is 3.11. The topological polar surface area (TPSA) is 38.1 Å². The van der Waals surface area contributed by atoms with Gasteiger partial charge in [-0.15, -0.1) is 0 Å². The summed E-state index contributed by atoms with van der Waals surface area (Å²) in [5.74, 6) is 0. The maximum absolute atomic E-state index is 5.27. The quantitative estimate of drug-likeness (QED) is 0.745. The molecule has 0 radical (unpaired) electrons. The third-order valence-electron chi connectivity index (χ3n) is 2.83. The Kier molecular flexibility index (Phi) is 1.61. The molecule has 1 aliphatic heterocycles. The number of oxazole rings is 1. The SMILES string of the molecule is CC1CC(c2ccc3ncoc3c2)N1. The van der Waals surface area contributed by atoms with Crippen LogP contribution in [0.1, 0.15) is 24.9 Å². The van der Waals surface area contributed by atoms with E-state index in [1.807, 2.05) is 6.07 Å². The molecule has 72 valence electrons. The first kappa shape index (κ1) is 8.00. The maximum atomic E-state index is 5.27.